The summed E-state index contributed by atoms with van der Waals surface area (Å²) in [6, 6.07) is 1.42. The monoisotopic (exact) mass is 336 g/mol. The Morgan fingerprint density at radius 3 is 2.52 bits per heavy atom. The molecule has 9 heteroatoms. The predicted octanol–water partition coefficient (Wildman–Crippen LogP) is 0.524. The summed E-state index contributed by atoms with van der Waals surface area (Å²) < 4.78 is 62.9. The number of nitrogen functional groups attached to an aromatic ring is 1. The zero-order valence-corrected chi connectivity index (χ0v) is 13.3. The van der Waals surface area contributed by atoms with Gasteiger partial charge in [0.25, 0.3) is 0 Å². The van der Waals surface area contributed by atoms with E-state index in [0.29, 0.717) is 0 Å². The lowest BCUT2D eigenvalue weighted by atomic mass is 10.2. The fourth-order valence-corrected chi connectivity index (χ4v) is 5.74. The molecule has 0 aliphatic carbocycles. The van der Waals surface area contributed by atoms with E-state index < -0.39 is 31.7 Å². The van der Waals surface area contributed by atoms with Crippen molar-refractivity contribution in [2.45, 2.75) is 24.8 Å². The highest BCUT2D eigenvalue weighted by atomic mass is 32.2. The quantitative estimate of drug-likeness (QED) is 0.794. The van der Waals surface area contributed by atoms with Crippen LogP contribution in [0.4, 0.5) is 10.1 Å². The summed E-state index contributed by atoms with van der Waals surface area (Å²) in [5, 5.41) is 0. The van der Waals surface area contributed by atoms with Crippen molar-refractivity contribution in [3.05, 3.63) is 23.5 Å². The first-order valence-electron chi connectivity index (χ1n) is 6.32. The molecule has 2 N–H and O–H groups in total. The maximum Gasteiger partial charge on any atom is 0.243 e. The van der Waals surface area contributed by atoms with Gasteiger partial charge < -0.3 is 5.73 Å². The largest absolute Gasteiger partial charge is 0.398 e. The van der Waals surface area contributed by atoms with E-state index in [0.717, 1.165) is 10.4 Å². The number of anilines is 1. The first kappa shape index (κ1) is 16.2. The van der Waals surface area contributed by atoms with E-state index >= 15 is 0 Å². The zero-order chi connectivity index (χ0) is 16.0. The summed E-state index contributed by atoms with van der Waals surface area (Å²) in [5.74, 6) is -1.18. The van der Waals surface area contributed by atoms with Crippen molar-refractivity contribution >= 4 is 25.5 Å². The lowest BCUT2D eigenvalue weighted by Gasteiger charge is -2.32. The van der Waals surface area contributed by atoms with Gasteiger partial charge in [-0.05, 0) is 26.0 Å². The Bertz CT molecular complexity index is 751. The molecule has 1 unspecified atom stereocenters. The smallest absolute Gasteiger partial charge is 0.243 e. The summed E-state index contributed by atoms with van der Waals surface area (Å²) >= 11 is 0. The van der Waals surface area contributed by atoms with Crippen LogP contribution in [0.25, 0.3) is 0 Å². The zero-order valence-electron chi connectivity index (χ0n) is 11.7. The van der Waals surface area contributed by atoms with Gasteiger partial charge in [0.2, 0.25) is 10.0 Å². The first-order valence-corrected chi connectivity index (χ1v) is 9.58. The molecule has 2 rings (SSSR count). The molecule has 0 saturated carbocycles. The molecule has 1 saturated heterocycles. The standard InChI is InChI=1S/C12H17FN2O4S2/c1-8-7-20(16,17)4-3-15(8)21(18,19)10-5-11(13)9(2)12(14)6-10/h5-6,8H,3-4,7,14H2,1-2H3. The van der Waals surface area contributed by atoms with Gasteiger partial charge in [0.05, 0.1) is 16.4 Å². The van der Waals surface area contributed by atoms with Crippen LogP contribution in [0.1, 0.15) is 12.5 Å². The van der Waals surface area contributed by atoms with Gasteiger partial charge in [0.15, 0.2) is 9.84 Å². The fourth-order valence-electron chi connectivity index (χ4n) is 2.30. The van der Waals surface area contributed by atoms with Gasteiger partial charge in [-0.15, -0.1) is 0 Å². The molecule has 0 bridgehead atoms. The number of sulfone groups is 1. The van der Waals surface area contributed by atoms with Crippen LogP contribution in [0.2, 0.25) is 0 Å². The van der Waals surface area contributed by atoms with Crippen molar-refractivity contribution < 1.29 is 21.2 Å². The van der Waals surface area contributed by atoms with E-state index in [4.69, 9.17) is 5.73 Å². The van der Waals surface area contributed by atoms with E-state index in [1.54, 1.807) is 0 Å². The van der Waals surface area contributed by atoms with Crippen LogP contribution in [0.5, 0.6) is 0 Å². The molecule has 1 heterocycles. The van der Waals surface area contributed by atoms with E-state index in [1.807, 2.05) is 0 Å². The minimum Gasteiger partial charge on any atom is -0.398 e. The molecule has 1 aromatic rings. The SMILES string of the molecule is Cc1c(N)cc(S(=O)(=O)N2CCS(=O)(=O)CC2C)cc1F. The second-order valence-corrected chi connectivity index (χ2v) is 9.32. The number of nitrogens with zero attached hydrogens (tertiary/aromatic N) is 1. The Kier molecular flexibility index (Phi) is 4.02. The number of halogens is 1. The minimum absolute atomic E-state index is 0.0471. The van der Waals surface area contributed by atoms with Crippen molar-refractivity contribution in [1.29, 1.82) is 0 Å². The average molecular weight is 336 g/mol. The number of hydrogen-bond acceptors (Lipinski definition) is 5. The van der Waals surface area contributed by atoms with Gasteiger partial charge in [0, 0.05) is 23.8 Å². The number of benzene rings is 1. The van der Waals surface area contributed by atoms with Gasteiger partial charge in [-0.3, -0.25) is 0 Å². The van der Waals surface area contributed by atoms with Crippen molar-refractivity contribution in [1.82, 2.24) is 4.31 Å². The van der Waals surface area contributed by atoms with E-state index in [-0.39, 0.29) is 34.2 Å². The Hall–Kier alpha value is -1.19. The van der Waals surface area contributed by atoms with Crippen molar-refractivity contribution in [3.8, 4) is 0 Å². The van der Waals surface area contributed by atoms with Gasteiger partial charge in [-0.25, -0.2) is 21.2 Å². The van der Waals surface area contributed by atoms with Crippen molar-refractivity contribution in [2.24, 2.45) is 0 Å². The molecule has 1 aliphatic heterocycles. The Morgan fingerprint density at radius 2 is 2.00 bits per heavy atom. The lowest BCUT2D eigenvalue weighted by Crippen LogP contribution is -2.49. The normalized spacial score (nSPS) is 23.1. The number of sulfonamides is 1. The van der Waals surface area contributed by atoms with Crippen LogP contribution in [0.3, 0.4) is 0 Å². The summed E-state index contributed by atoms with van der Waals surface area (Å²) in [6.45, 7) is 2.83. The predicted molar refractivity (Wildman–Crippen MR) is 77.6 cm³/mol. The molecule has 1 atom stereocenters. The molecule has 1 aliphatic rings. The summed E-state index contributed by atoms with van der Waals surface area (Å²) in [5.41, 5.74) is 5.84. The summed E-state index contributed by atoms with van der Waals surface area (Å²) in [6.07, 6.45) is 0. The topological polar surface area (TPSA) is 97.5 Å². The minimum atomic E-state index is -3.97. The third kappa shape index (κ3) is 3.04. The average Bonchev–Trinajstić information content (AvgIpc) is 2.33. The molecule has 21 heavy (non-hydrogen) atoms. The van der Waals surface area contributed by atoms with Crippen LogP contribution in [-0.2, 0) is 19.9 Å². The van der Waals surface area contributed by atoms with Crippen LogP contribution in [-0.4, -0.2) is 45.2 Å². The molecule has 0 aromatic heterocycles. The molecule has 0 spiro atoms. The number of nitrogens with two attached hydrogens (primary N) is 1. The lowest BCUT2D eigenvalue weighted by molar-refractivity contribution is 0.356. The molecule has 1 aromatic carbocycles. The van der Waals surface area contributed by atoms with Gasteiger partial charge >= 0.3 is 0 Å². The highest BCUT2D eigenvalue weighted by Crippen LogP contribution is 2.26. The molecular formula is C12H17FN2O4S2. The summed E-state index contributed by atoms with van der Waals surface area (Å²) in [7, 11) is -7.21. The molecule has 0 amide bonds. The second kappa shape index (κ2) is 5.22. The maximum absolute atomic E-state index is 13.7. The Balaban J connectivity index is 2.44. The highest BCUT2D eigenvalue weighted by Gasteiger charge is 2.36. The van der Waals surface area contributed by atoms with Gasteiger partial charge in [-0.2, -0.15) is 4.31 Å². The number of rotatable bonds is 2. The first-order chi connectivity index (χ1) is 9.54. The summed E-state index contributed by atoms with van der Waals surface area (Å²) in [4.78, 5) is -0.255. The fraction of sp³-hybridized carbons (Fsp3) is 0.500. The van der Waals surface area contributed by atoms with Crippen molar-refractivity contribution in [3.63, 3.8) is 0 Å². The number of hydrogen-bond donors (Lipinski definition) is 1. The van der Waals surface area contributed by atoms with Crippen LogP contribution >= 0.6 is 0 Å². The Labute approximate surface area is 123 Å². The van der Waals surface area contributed by atoms with E-state index in [2.05, 4.69) is 0 Å². The van der Waals surface area contributed by atoms with Gasteiger partial charge in [-0.1, -0.05) is 0 Å². The van der Waals surface area contributed by atoms with Crippen LogP contribution < -0.4 is 5.73 Å². The maximum atomic E-state index is 13.7. The highest BCUT2D eigenvalue weighted by molar-refractivity contribution is 7.92. The molecule has 0 radical (unpaired) electrons. The molecule has 1 fully saturated rings. The van der Waals surface area contributed by atoms with Crippen molar-refractivity contribution in [2.75, 3.05) is 23.8 Å². The molecule has 6 nitrogen and oxygen atoms in total. The second-order valence-electron chi connectivity index (χ2n) is 5.20. The third-order valence-electron chi connectivity index (χ3n) is 3.57. The van der Waals surface area contributed by atoms with Crippen LogP contribution in [0.15, 0.2) is 17.0 Å². The van der Waals surface area contributed by atoms with Crippen LogP contribution in [0, 0.1) is 12.7 Å². The van der Waals surface area contributed by atoms with E-state index in [9.17, 15) is 21.2 Å². The third-order valence-corrected chi connectivity index (χ3v) is 7.36. The van der Waals surface area contributed by atoms with Gasteiger partial charge in [0.1, 0.15) is 5.82 Å². The molecule has 118 valence electrons. The Morgan fingerprint density at radius 1 is 1.38 bits per heavy atom. The molecular weight excluding hydrogens is 319 g/mol. The van der Waals surface area contributed by atoms with E-state index in [1.165, 1.54) is 19.9 Å².